The molecule has 4 heavy (non-hydrogen) atoms. The molecule has 0 N–H and O–H groups in total. The fraction of sp³-hybridized carbons (Fsp3) is 0. The van der Waals surface area contributed by atoms with Crippen molar-refractivity contribution in [1.82, 2.24) is 0 Å². The van der Waals surface area contributed by atoms with E-state index in [2.05, 4.69) is 24.9 Å². The molecule has 0 unspecified atom stereocenters. The molecule has 0 radical (unpaired) electrons. The van der Waals surface area contributed by atoms with Crippen LogP contribution in [0, 0.1) is 0 Å². The summed E-state index contributed by atoms with van der Waals surface area (Å²) < 4.78 is 0. The Balaban J connectivity index is -0.00000000500. The van der Waals surface area contributed by atoms with Crippen LogP contribution in [0.4, 0.5) is 0 Å². The minimum absolute atomic E-state index is 0. The van der Waals surface area contributed by atoms with Crippen LogP contribution in [0.15, 0.2) is 0 Å². The second-order valence-corrected chi connectivity index (χ2v) is 0. The van der Waals surface area contributed by atoms with Gasteiger partial charge >= 0.3 is 42.0 Å². The molecular weight excluding hydrogens is 176 g/mol. The molecule has 0 saturated carbocycles. The van der Waals surface area contributed by atoms with Gasteiger partial charge in [0.25, 0.3) is 0 Å². The fourth-order valence-electron chi connectivity index (χ4n) is 0. The van der Waals surface area contributed by atoms with Gasteiger partial charge in [-0.1, -0.05) is 0 Å². The van der Waals surface area contributed by atoms with E-state index in [-0.39, 0.29) is 30.6 Å². The third-order valence-corrected chi connectivity index (χ3v) is 0. The van der Waals surface area contributed by atoms with Crippen molar-refractivity contribution in [3.05, 3.63) is 0 Å². The zero-order valence-electron chi connectivity index (χ0n) is 1.52. The quantitative estimate of drug-likeness (QED) is 0.488. The molecular formula is Fe2S2. The topological polar surface area (TPSA) is 0 Å². The van der Waals surface area contributed by atoms with Gasteiger partial charge < -0.3 is 13.5 Å². The molecule has 0 rings (SSSR count). The number of hydrogen-bond acceptors (Lipinski definition) is 1. The average Bonchev–Trinajstić information content (AvgIpc) is 1.00. The molecule has 0 aliphatic rings. The van der Waals surface area contributed by atoms with Gasteiger partial charge in [-0.15, -0.1) is 0 Å². The van der Waals surface area contributed by atoms with E-state index in [0.29, 0.717) is 0 Å². The molecule has 0 aliphatic heterocycles. The summed E-state index contributed by atoms with van der Waals surface area (Å²) in [6.07, 6.45) is 0. The Hall–Kier alpha value is 1.61. The average molecular weight is 176 g/mol. The minimum atomic E-state index is 0. The molecule has 0 fully saturated rings. The summed E-state index contributed by atoms with van der Waals surface area (Å²) in [6, 6.07) is 0. The van der Waals surface area contributed by atoms with Crippen LogP contribution in [-0.2, 0) is 44.9 Å². The number of hydrogen-bond donors (Lipinski definition) is 0. The van der Waals surface area contributed by atoms with E-state index >= 15 is 0 Å². The summed E-state index contributed by atoms with van der Waals surface area (Å²) in [5.74, 6) is 0. The predicted octanol–water partition coefficient (Wildman–Crippen LogP) is 0.641. The van der Waals surface area contributed by atoms with E-state index in [1.807, 2.05) is 0 Å². The predicted molar refractivity (Wildman–Crippen MR) is 15.0 cm³/mol. The van der Waals surface area contributed by atoms with Crippen molar-refractivity contribution in [2.24, 2.45) is 0 Å². The second kappa shape index (κ2) is 23.2. The molecule has 0 aromatic heterocycles. The third-order valence-electron chi connectivity index (χ3n) is 0. The fourth-order valence-corrected chi connectivity index (χ4v) is 0. The SMILES string of the molecule is [Fe+2].[S-2].[S]=[Fe]. The van der Waals surface area contributed by atoms with Crippen molar-refractivity contribution in [3.8, 4) is 0 Å². The van der Waals surface area contributed by atoms with E-state index in [0.717, 1.165) is 0 Å². The summed E-state index contributed by atoms with van der Waals surface area (Å²) in [6.45, 7) is 0. The van der Waals surface area contributed by atoms with Gasteiger partial charge in [0, 0.05) is 0 Å². The molecule has 0 heterocycles. The summed E-state index contributed by atoms with van der Waals surface area (Å²) in [5.41, 5.74) is 0. The van der Waals surface area contributed by atoms with E-state index in [1.165, 1.54) is 0 Å². The molecule has 0 atom stereocenters. The number of rotatable bonds is 0. The maximum atomic E-state index is 3.83. The first-order valence-corrected chi connectivity index (χ1v) is 1.79. The van der Waals surface area contributed by atoms with Gasteiger partial charge in [-0.2, -0.15) is 0 Å². The molecule has 0 saturated heterocycles. The van der Waals surface area contributed by atoms with Crippen LogP contribution in [0.2, 0.25) is 0 Å². The second-order valence-electron chi connectivity index (χ2n) is 0. The van der Waals surface area contributed by atoms with Crippen molar-refractivity contribution in [2.75, 3.05) is 0 Å². The Morgan fingerprint density at radius 1 is 1.25 bits per heavy atom. The van der Waals surface area contributed by atoms with E-state index in [4.69, 9.17) is 0 Å². The van der Waals surface area contributed by atoms with Crippen LogP contribution >= 0.6 is 10.6 Å². The standard InChI is InChI=1S/2Fe.2S/q;+2;;-2. The van der Waals surface area contributed by atoms with Crippen LogP contribution in [0.1, 0.15) is 0 Å². The van der Waals surface area contributed by atoms with Crippen LogP contribution in [-0.4, -0.2) is 0 Å². The first-order chi connectivity index (χ1) is 1.00. The summed E-state index contributed by atoms with van der Waals surface area (Å²) in [7, 11) is 3.83. The summed E-state index contributed by atoms with van der Waals surface area (Å²) in [4.78, 5) is 0. The molecule has 0 amide bonds. The van der Waals surface area contributed by atoms with Gasteiger partial charge in [-0.25, -0.2) is 0 Å². The zero-order chi connectivity index (χ0) is 2.00. The first-order valence-electron chi connectivity index (χ1n) is 0.144. The molecule has 0 aromatic rings. The van der Waals surface area contributed by atoms with E-state index in [1.54, 1.807) is 0 Å². The molecule has 0 aromatic carbocycles. The Morgan fingerprint density at radius 3 is 1.25 bits per heavy atom. The zero-order valence-corrected chi connectivity index (χ0v) is 5.36. The third kappa shape index (κ3) is 9.49. The Morgan fingerprint density at radius 2 is 1.25 bits per heavy atom. The normalized spacial score (nSPS) is 1.25. The van der Waals surface area contributed by atoms with Gasteiger partial charge in [0.1, 0.15) is 0 Å². The Bertz CT molecular complexity index is 4.00. The summed E-state index contributed by atoms with van der Waals surface area (Å²) in [5, 5.41) is 0. The van der Waals surface area contributed by atoms with Crippen molar-refractivity contribution in [1.29, 1.82) is 0 Å². The Labute approximate surface area is 55.3 Å². The first kappa shape index (κ1) is 17.5. The van der Waals surface area contributed by atoms with Crippen molar-refractivity contribution >= 4 is 24.0 Å². The van der Waals surface area contributed by atoms with Gasteiger partial charge in [-0.05, 0) is 0 Å². The van der Waals surface area contributed by atoms with Crippen molar-refractivity contribution in [2.45, 2.75) is 0 Å². The summed E-state index contributed by atoms with van der Waals surface area (Å²) >= 11 is 2.83. The van der Waals surface area contributed by atoms with Crippen LogP contribution in [0.3, 0.4) is 0 Å². The molecule has 0 spiro atoms. The molecule has 0 bridgehead atoms. The molecule has 0 nitrogen and oxygen atoms in total. The van der Waals surface area contributed by atoms with Gasteiger partial charge in [0.2, 0.25) is 0 Å². The van der Waals surface area contributed by atoms with Gasteiger partial charge in [0.15, 0.2) is 0 Å². The van der Waals surface area contributed by atoms with Crippen LogP contribution in [0.25, 0.3) is 0 Å². The van der Waals surface area contributed by atoms with Gasteiger partial charge in [0.05, 0.1) is 0 Å². The molecule has 28 valence electrons. The van der Waals surface area contributed by atoms with Gasteiger partial charge in [-0.3, -0.25) is 0 Å². The molecule has 0 aliphatic carbocycles. The maximum absolute atomic E-state index is 3.83. The van der Waals surface area contributed by atoms with Crippen LogP contribution in [0.5, 0.6) is 0 Å². The Kier molecular flexibility index (Phi) is 101. The van der Waals surface area contributed by atoms with Crippen molar-refractivity contribution in [3.63, 3.8) is 0 Å². The van der Waals surface area contributed by atoms with Crippen LogP contribution < -0.4 is 0 Å². The van der Waals surface area contributed by atoms with E-state index < -0.39 is 0 Å². The van der Waals surface area contributed by atoms with Crippen molar-refractivity contribution < 1.29 is 31.5 Å². The monoisotopic (exact) mass is 176 g/mol. The van der Waals surface area contributed by atoms with E-state index in [9.17, 15) is 0 Å². The molecule has 4 heteroatoms.